The fourth-order valence-electron chi connectivity index (χ4n) is 6.09. The van der Waals surface area contributed by atoms with Gasteiger partial charge in [0.05, 0.1) is 19.6 Å². The Morgan fingerprint density at radius 2 is 1.68 bits per heavy atom. The molecule has 0 radical (unpaired) electrons. The number of piperidine rings is 1. The van der Waals surface area contributed by atoms with Crippen molar-refractivity contribution in [1.29, 1.82) is 0 Å². The van der Waals surface area contributed by atoms with Gasteiger partial charge in [0.15, 0.2) is 0 Å². The zero-order valence-corrected chi connectivity index (χ0v) is 18.5. The molecule has 1 amide bonds. The van der Waals surface area contributed by atoms with E-state index in [2.05, 4.69) is 4.90 Å². The number of ether oxygens (including phenoxy) is 2. The number of likely N-dealkylation sites (tertiary alicyclic amines) is 1. The minimum absolute atomic E-state index is 0.000163. The first-order chi connectivity index (χ1) is 15.0. The fourth-order valence-corrected chi connectivity index (χ4v) is 6.09. The lowest BCUT2D eigenvalue weighted by Crippen LogP contribution is -2.52. The van der Waals surface area contributed by atoms with Crippen molar-refractivity contribution in [2.24, 2.45) is 17.8 Å². The molecule has 170 valence electrons. The van der Waals surface area contributed by atoms with E-state index in [-0.39, 0.29) is 23.7 Å². The molecule has 1 aromatic carbocycles. The summed E-state index contributed by atoms with van der Waals surface area (Å²) in [5.74, 6) is 0.635. The quantitative estimate of drug-likeness (QED) is 0.652. The third kappa shape index (κ3) is 4.56. The molecule has 2 bridgehead atoms. The predicted octanol–water partition coefficient (Wildman–Crippen LogP) is 4.23. The predicted molar refractivity (Wildman–Crippen MR) is 115 cm³/mol. The topological polar surface area (TPSA) is 59.1 Å². The molecule has 4 rings (SSSR count). The van der Waals surface area contributed by atoms with E-state index in [1.54, 1.807) is 17.0 Å². The lowest BCUT2D eigenvalue weighted by atomic mass is 9.75. The summed E-state index contributed by atoms with van der Waals surface area (Å²) in [4.78, 5) is 29.1. The molecular weight excluding hydrogens is 399 g/mol. The maximum atomic E-state index is 13.4. The minimum atomic E-state index is -0.405. The molecule has 3 fully saturated rings. The molecule has 1 aliphatic heterocycles. The Labute approximate surface area is 183 Å². The molecule has 2 aliphatic carbocycles. The maximum absolute atomic E-state index is 13.4. The van der Waals surface area contributed by atoms with E-state index < -0.39 is 6.09 Å². The number of esters is 1. The van der Waals surface area contributed by atoms with Gasteiger partial charge in [-0.15, -0.1) is 0 Å². The number of fused-ring (bicyclic) bond motifs is 2. The monoisotopic (exact) mass is 432 g/mol. The number of amides is 1. The molecule has 1 heterocycles. The number of hydrogen-bond acceptors (Lipinski definition) is 5. The smallest absolute Gasteiger partial charge is 0.414 e. The molecule has 1 saturated heterocycles. The summed E-state index contributed by atoms with van der Waals surface area (Å²) < 4.78 is 23.7. The van der Waals surface area contributed by atoms with E-state index in [1.807, 2.05) is 6.92 Å². The van der Waals surface area contributed by atoms with Crippen LogP contribution >= 0.6 is 0 Å². The maximum Gasteiger partial charge on any atom is 0.414 e. The number of hydrogen-bond donors (Lipinski definition) is 0. The Morgan fingerprint density at radius 1 is 1.06 bits per heavy atom. The molecule has 2 atom stereocenters. The van der Waals surface area contributed by atoms with Crippen molar-refractivity contribution in [1.82, 2.24) is 4.90 Å². The van der Waals surface area contributed by atoms with Gasteiger partial charge in [-0.2, -0.15) is 0 Å². The molecule has 0 N–H and O–H groups in total. The molecule has 6 nitrogen and oxygen atoms in total. The van der Waals surface area contributed by atoms with Gasteiger partial charge in [-0.1, -0.05) is 0 Å². The van der Waals surface area contributed by atoms with Crippen LogP contribution in [0.3, 0.4) is 0 Å². The van der Waals surface area contributed by atoms with Crippen LogP contribution in [0.15, 0.2) is 24.3 Å². The number of benzene rings is 1. The normalized spacial score (nSPS) is 28.9. The number of nitrogens with zero attached hydrogens (tertiary/aromatic N) is 2. The van der Waals surface area contributed by atoms with Crippen molar-refractivity contribution in [3.05, 3.63) is 30.1 Å². The van der Waals surface area contributed by atoms with Crippen molar-refractivity contribution >= 4 is 17.7 Å². The Bertz CT molecular complexity index is 764. The molecule has 2 unspecified atom stereocenters. The van der Waals surface area contributed by atoms with E-state index in [4.69, 9.17) is 9.47 Å². The zero-order chi connectivity index (χ0) is 22.0. The first kappa shape index (κ1) is 22.1. The van der Waals surface area contributed by atoms with Crippen molar-refractivity contribution in [3.63, 3.8) is 0 Å². The lowest BCUT2D eigenvalue weighted by molar-refractivity contribution is -0.152. The highest BCUT2D eigenvalue weighted by atomic mass is 19.1. The van der Waals surface area contributed by atoms with E-state index in [0.717, 1.165) is 51.6 Å². The van der Waals surface area contributed by atoms with Crippen LogP contribution in [0.25, 0.3) is 0 Å². The average Bonchev–Trinajstić information content (AvgIpc) is 3.05. The molecule has 31 heavy (non-hydrogen) atoms. The van der Waals surface area contributed by atoms with Crippen LogP contribution in [-0.4, -0.2) is 55.9 Å². The Balaban J connectivity index is 1.38. The van der Waals surface area contributed by atoms with Gasteiger partial charge in [-0.25, -0.2) is 9.18 Å². The highest BCUT2D eigenvalue weighted by Crippen LogP contribution is 2.49. The average molecular weight is 433 g/mol. The minimum Gasteiger partial charge on any atom is -0.466 e. The van der Waals surface area contributed by atoms with Gasteiger partial charge in [-0.3, -0.25) is 9.69 Å². The SMILES string of the molecule is CCOC(=O)C1C2CCC1CC(N1CCC(N(C(=O)OC)c3ccc(F)cc3)CC1)C2. The van der Waals surface area contributed by atoms with E-state index >= 15 is 0 Å². The van der Waals surface area contributed by atoms with Gasteiger partial charge in [0.1, 0.15) is 5.82 Å². The van der Waals surface area contributed by atoms with Crippen LogP contribution in [-0.2, 0) is 14.3 Å². The number of anilines is 1. The summed E-state index contributed by atoms with van der Waals surface area (Å²) in [6.07, 6.45) is 5.66. The van der Waals surface area contributed by atoms with Gasteiger partial charge < -0.3 is 14.4 Å². The lowest BCUT2D eigenvalue weighted by Gasteiger charge is -2.44. The largest absolute Gasteiger partial charge is 0.466 e. The summed E-state index contributed by atoms with van der Waals surface area (Å²) in [7, 11) is 1.38. The highest BCUT2D eigenvalue weighted by Gasteiger charge is 2.48. The first-order valence-electron chi connectivity index (χ1n) is 11.5. The first-order valence-corrected chi connectivity index (χ1v) is 11.5. The number of rotatable bonds is 5. The summed E-state index contributed by atoms with van der Waals surface area (Å²) in [6, 6.07) is 6.54. The second-order valence-electron chi connectivity index (χ2n) is 9.08. The Kier molecular flexibility index (Phi) is 6.80. The fraction of sp³-hybridized carbons (Fsp3) is 0.667. The Morgan fingerprint density at radius 3 is 2.23 bits per heavy atom. The molecule has 1 aromatic rings. The molecule has 2 saturated carbocycles. The van der Waals surface area contributed by atoms with Gasteiger partial charge in [0.25, 0.3) is 0 Å². The van der Waals surface area contributed by atoms with Crippen molar-refractivity contribution < 1.29 is 23.5 Å². The summed E-state index contributed by atoms with van der Waals surface area (Å²) in [6.45, 7) is 4.15. The van der Waals surface area contributed by atoms with Gasteiger partial charge in [0, 0.05) is 30.9 Å². The van der Waals surface area contributed by atoms with Crippen molar-refractivity contribution in [2.45, 2.75) is 57.5 Å². The van der Waals surface area contributed by atoms with Crippen LogP contribution in [0.2, 0.25) is 0 Å². The van der Waals surface area contributed by atoms with Crippen molar-refractivity contribution in [3.8, 4) is 0 Å². The standard InChI is InChI=1S/C24H33FN2O4/c1-3-31-23(28)22-16-4-5-17(22)15-21(14-16)26-12-10-20(11-13-26)27(24(29)30-2)19-8-6-18(25)7-9-19/h6-9,16-17,20-22H,3-5,10-15H2,1-2H3. The van der Waals surface area contributed by atoms with Gasteiger partial charge in [0.2, 0.25) is 0 Å². The van der Waals surface area contributed by atoms with Gasteiger partial charge in [-0.05, 0) is 81.5 Å². The number of carbonyl (C=O) groups is 2. The second-order valence-corrected chi connectivity index (χ2v) is 9.08. The number of halogens is 1. The molecule has 0 spiro atoms. The molecule has 3 aliphatic rings. The van der Waals surface area contributed by atoms with Crippen LogP contribution in [0.1, 0.15) is 45.4 Å². The van der Waals surface area contributed by atoms with Crippen LogP contribution in [0, 0.1) is 23.6 Å². The van der Waals surface area contributed by atoms with Crippen LogP contribution < -0.4 is 4.90 Å². The van der Waals surface area contributed by atoms with Crippen molar-refractivity contribution in [2.75, 3.05) is 31.7 Å². The summed E-state index contributed by atoms with van der Waals surface area (Å²) >= 11 is 0. The third-order valence-corrected chi connectivity index (χ3v) is 7.49. The third-order valence-electron chi connectivity index (χ3n) is 7.49. The second kappa shape index (κ2) is 9.55. The Hall–Kier alpha value is -2.15. The zero-order valence-electron chi connectivity index (χ0n) is 18.5. The molecular formula is C24H33FN2O4. The van der Waals surface area contributed by atoms with Gasteiger partial charge >= 0.3 is 12.1 Å². The summed E-state index contributed by atoms with van der Waals surface area (Å²) in [5.41, 5.74) is 0.666. The van der Waals surface area contributed by atoms with Crippen LogP contribution in [0.5, 0.6) is 0 Å². The molecule has 7 heteroatoms. The number of methoxy groups -OCH3 is 1. The molecule has 0 aromatic heterocycles. The number of carbonyl (C=O) groups excluding carboxylic acids is 2. The highest BCUT2D eigenvalue weighted by molar-refractivity contribution is 5.88. The van der Waals surface area contributed by atoms with E-state index in [9.17, 15) is 14.0 Å². The van der Waals surface area contributed by atoms with E-state index in [1.165, 1.54) is 19.2 Å². The van der Waals surface area contributed by atoms with E-state index in [0.29, 0.717) is 30.2 Å². The van der Waals surface area contributed by atoms with Crippen LogP contribution in [0.4, 0.5) is 14.9 Å². The summed E-state index contributed by atoms with van der Waals surface area (Å²) in [5, 5.41) is 0.